The molecule has 23 heavy (non-hydrogen) atoms. The average molecular weight is 313 g/mol. The Morgan fingerprint density at radius 3 is 2.39 bits per heavy atom. The van der Waals surface area contributed by atoms with Crippen LogP contribution >= 0.6 is 0 Å². The van der Waals surface area contributed by atoms with Crippen molar-refractivity contribution in [3.8, 4) is 0 Å². The van der Waals surface area contributed by atoms with Crippen LogP contribution in [0.5, 0.6) is 0 Å². The molecule has 0 saturated heterocycles. The molecule has 124 valence electrons. The molecule has 2 aromatic rings. The van der Waals surface area contributed by atoms with Gasteiger partial charge in [0.25, 0.3) is 0 Å². The van der Waals surface area contributed by atoms with Gasteiger partial charge in [-0.3, -0.25) is 9.48 Å². The third kappa shape index (κ3) is 4.21. The molecule has 1 aromatic carbocycles. The molecule has 0 bridgehead atoms. The van der Waals surface area contributed by atoms with E-state index in [2.05, 4.69) is 38.0 Å². The Kier molecular flexibility index (Phi) is 5.59. The summed E-state index contributed by atoms with van der Waals surface area (Å²) in [6.45, 7) is 8.88. The number of benzene rings is 1. The van der Waals surface area contributed by atoms with Crippen molar-refractivity contribution in [3.63, 3.8) is 0 Å². The van der Waals surface area contributed by atoms with Crippen molar-refractivity contribution >= 4 is 5.91 Å². The first-order chi connectivity index (χ1) is 10.9. The fourth-order valence-electron chi connectivity index (χ4n) is 2.89. The molecule has 1 heterocycles. The second kappa shape index (κ2) is 7.44. The highest BCUT2D eigenvalue weighted by Gasteiger charge is 2.19. The lowest BCUT2D eigenvalue weighted by Crippen LogP contribution is -2.36. The molecule has 1 amide bonds. The zero-order valence-electron chi connectivity index (χ0n) is 14.8. The molecule has 0 unspecified atom stereocenters. The van der Waals surface area contributed by atoms with Gasteiger partial charge in [0.2, 0.25) is 5.91 Å². The van der Waals surface area contributed by atoms with Gasteiger partial charge in [-0.05, 0) is 45.2 Å². The summed E-state index contributed by atoms with van der Waals surface area (Å²) < 4.78 is 1.89. The maximum Gasteiger partial charge on any atom is 0.223 e. The number of aromatic nitrogens is 2. The minimum absolute atomic E-state index is 0.193. The van der Waals surface area contributed by atoms with Crippen molar-refractivity contribution in [3.05, 3.63) is 52.8 Å². The normalized spacial score (nSPS) is 11.0. The maximum atomic E-state index is 12.7. The molecule has 4 heteroatoms. The molecule has 0 saturated carbocycles. The van der Waals surface area contributed by atoms with Gasteiger partial charge in [-0.15, -0.1) is 0 Å². The molecular formula is C19H27N3O. The van der Waals surface area contributed by atoms with Gasteiger partial charge in [0.05, 0.1) is 5.69 Å². The van der Waals surface area contributed by atoms with E-state index >= 15 is 0 Å². The summed E-state index contributed by atoms with van der Waals surface area (Å²) in [5.74, 6) is 0.200. The van der Waals surface area contributed by atoms with Crippen LogP contribution < -0.4 is 0 Å². The molecule has 4 nitrogen and oxygen atoms in total. The lowest BCUT2D eigenvalue weighted by molar-refractivity contribution is -0.133. The first-order valence-electron chi connectivity index (χ1n) is 8.22. The Hall–Kier alpha value is -2.10. The Labute approximate surface area is 139 Å². The largest absolute Gasteiger partial charge is 0.336 e. The fraction of sp³-hybridized carbons (Fsp3) is 0.474. The van der Waals surface area contributed by atoms with Gasteiger partial charge in [-0.1, -0.05) is 30.3 Å². The van der Waals surface area contributed by atoms with E-state index in [0.29, 0.717) is 13.0 Å². The summed E-state index contributed by atoms with van der Waals surface area (Å²) in [6.07, 6.45) is 1.28. The Balaban J connectivity index is 2.04. The van der Waals surface area contributed by atoms with E-state index < -0.39 is 0 Å². The van der Waals surface area contributed by atoms with Crippen molar-refractivity contribution < 1.29 is 4.79 Å². The number of hydrogen-bond acceptors (Lipinski definition) is 2. The van der Waals surface area contributed by atoms with E-state index in [0.717, 1.165) is 17.8 Å². The Morgan fingerprint density at radius 2 is 1.87 bits per heavy atom. The average Bonchev–Trinajstić information content (AvgIpc) is 2.76. The van der Waals surface area contributed by atoms with Gasteiger partial charge in [-0.25, -0.2) is 0 Å². The molecule has 0 atom stereocenters. The van der Waals surface area contributed by atoms with E-state index in [-0.39, 0.29) is 11.9 Å². The Morgan fingerprint density at radius 1 is 1.22 bits per heavy atom. The van der Waals surface area contributed by atoms with Crippen molar-refractivity contribution in [2.45, 2.75) is 53.1 Å². The third-order valence-corrected chi connectivity index (χ3v) is 4.39. The van der Waals surface area contributed by atoms with Crippen LogP contribution in [0.3, 0.4) is 0 Å². The second-order valence-electron chi connectivity index (χ2n) is 6.37. The van der Waals surface area contributed by atoms with E-state index in [9.17, 15) is 4.79 Å². The lowest BCUT2D eigenvalue weighted by Gasteiger charge is -2.27. The summed E-state index contributed by atoms with van der Waals surface area (Å²) in [4.78, 5) is 14.6. The topological polar surface area (TPSA) is 38.1 Å². The number of amides is 1. The molecule has 0 fully saturated rings. The SMILES string of the molecule is Cc1nn(C)c(C)c1CCC(=O)N(Cc1ccccc1)C(C)C. The summed E-state index contributed by atoms with van der Waals surface area (Å²) in [5, 5.41) is 4.43. The smallest absolute Gasteiger partial charge is 0.223 e. The quantitative estimate of drug-likeness (QED) is 0.819. The van der Waals surface area contributed by atoms with Gasteiger partial charge >= 0.3 is 0 Å². The van der Waals surface area contributed by atoms with Crippen LogP contribution in [0.25, 0.3) is 0 Å². The molecule has 0 radical (unpaired) electrons. The van der Waals surface area contributed by atoms with Crippen LogP contribution in [0.4, 0.5) is 0 Å². The number of rotatable bonds is 6. The van der Waals surface area contributed by atoms with Crippen LogP contribution in [-0.4, -0.2) is 26.6 Å². The molecule has 0 spiro atoms. The van der Waals surface area contributed by atoms with Crippen molar-refractivity contribution in [2.24, 2.45) is 7.05 Å². The summed E-state index contributed by atoms with van der Waals surface area (Å²) in [6, 6.07) is 10.4. The number of carbonyl (C=O) groups is 1. The summed E-state index contributed by atoms with van der Waals surface area (Å²) >= 11 is 0. The molecule has 0 aliphatic carbocycles. The Bertz CT molecular complexity index is 659. The first-order valence-corrected chi connectivity index (χ1v) is 8.22. The molecule has 0 N–H and O–H groups in total. The van der Waals surface area contributed by atoms with Crippen LogP contribution in [0, 0.1) is 13.8 Å². The van der Waals surface area contributed by atoms with Gasteiger partial charge in [-0.2, -0.15) is 5.10 Å². The van der Waals surface area contributed by atoms with E-state index in [1.54, 1.807) is 0 Å². The number of carbonyl (C=O) groups excluding carboxylic acids is 1. The first kappa shape index (κ1) is 17.3. The molecule has 1 aromatic heterocycles. The third-order valence-electron chi connectivity index (χ3n) is 4.39. The lowest BCUT2D eigenvalue weighted by atomic mass is 10.1. The monoisotopic (exact) mass is 313 g/mol. The number of hydrogen-bond donors (Lipinski definition) is 0. The van der Waals surface area contributed by atoms with Crippen molar-refractivity contribution in [1.82, 2.24) is 14.7 Å². The van der Waals surface area contributed by atoms with E-state index in [4.69, 9.17) is 0 Å². The maximum absolute atomic E-state index is 12.7. The number of aryl methyl sites for hydroxylation is 2. The summed E-state index contributed by atoms with van der Waals surface area (Å²) in [5.41, 5.74) is 4.54. The standard InChI is InChI=1S/C19H27N3O/c1-14(2)22(13-17-9-7-6-8-10-17)19(23)12-11-18-15(3)20-21(5)16(18)4/h6-10,14H,11-13H2,1-5H3. The van der Waals surface area contributed by atoms with Gasteiger partial charge < -0.3 is 4.90 Å². The zero-order valence-corrected chi connectivity index (χ0v) is 14.8. The van der Waals surface area contributed by atoms with Gasteiger partial charge in [0.1, 0.15) is 0 Å². The highest BCUT2D eigenvalue weighted by atomic mass is 16.2. The second-order valence-corrected chi connectivity index (χ2v) is 6.37. The zero-order chi connectivity index (χ0) is 17.0. The molecule has 2 rings (SSSR count). The molecular weight excluding hydrogens is 286 g/mol. The van der Waals surface area contributed by atoms with Crippen LogP contribution in [0.1, 0.15) is 42.8 Å². The van der Waals surface area contributed by atoms with Crippen molar-refractivity contribution in [2.75, 3.05) is 0 Å². The minimum atomic E-state index is 0.193. The van der Waals surface area contributed by atoms with Crippen LogP contribution in [0.2, 0.25) is 0 Å². The minimum Gasteiger partial charge on any atom is -0.336 e. The molecule has 0 aliphatic heterocycles. The fourth-order valence-corrected chi connectivity index (χ4v) is 2.89. The van der Waals surface area contributed by atoms with Crippen molar-refractivity contribution in [1.29, 1.82) is 0 Å². The highest BCUT2D eigenvalue weighted by Crippen LogP contribution is 2.16. The predicted octanol–water partition coefficient (Wildman–Crippen LogP) is 3.41. The van der Waals surface area contributed by atoms with Gasteiger partial charge in [0, 0.05) is 31.7 Å². The highest BCUT2D eigenvalue weighted by molar-refractivity contribution is 5.76. The number of nitrogens with zero attached hydrogens (tertiary/aromatic N) is 3. The predicted molar refractivity (Wildman–Crippen MR) is 93.1 cm³/mol. The van der Waals surface area contributed by atoms with E-state index in [1.165, 1.54) is 11.1 Å². The summed E-state index contributed by atoms with van der Waals surface area (Å²) in [7, 11) is 1.95. The van der Waals surface area contributed by atoms with Crippen LogP contribution in [-0.2, 0) is 24.8 Å². The van der Waals surface area contributed by atoms with Gasteiger partial charge in [0.15, 0.2) is 0 Å². The van der Waals surface area contributed by atoms with Crippen LogP contribution in [0.15, 0.2) is 30.3 Å². The molecule has 0 aliphatic rings. The van der Waals surface area contributed by atoms with E-state index in [1.807, 2.05) is 41.8 Å².